The SMILES string of the molecule is CCC(=O)N1CCN(c2nn(C)n2C)CC1. The molecule has 1 fully saturated rings. The van der Waals surface area contributed by atoms with Gasteiger partial charge in [-0.2, -0.15) is 0 Å². The lowest BCUT2D eigenvalue weighted by Crippen LogP contribution is -2.50. The van der Waals surface area contributed by atoms with Gasteiger partial charge < -0.3 is 9.80 Å². The molecule has 0 aliphatic carbocycles. The second kappa shape index (κ2) is 4.19. The number of anilines is 1. The minimum absolute atomic E-state index is 0.251. The molecule has 1 aromatic heterocycles. The molecule has 0 bridgehead atoms. The molecule has 0 N–H and O–H groups in total. The van der Waals surface area contributed by atoms with Crippen LogP contribution in [0, 0.1) is 0 Å². The molecule has 16 heavy (non-hydrogen) atoms. The van der Waals surface area contributed by atoms with Gasteiger partial charge in [0, 0.05) is 46.7 Å². The maximum atomic E-state index is 11.5. The van der Waals surface area contributed by atoms with E-state index in [1.54, 1.807) is 4.80 Å². The molecule has 1 aliphatic heterocycles. The van der Waals surface area contributed by atoms with Crippen LogP contribution in [-0.2, 0) is 18.9 Å². The molecular weight excluding hydrogens is 206 g/mol. The molecule has 1 amide bonds. The number of amides is 1. The Labute approximate surface area is 95.4 Å². The minimum Gasteiger partial charge on any atom is -0.339 e. The molecule has 6 heteroatoms. The van der Waals surface area contributed by atoms with Crippen LogP contribution in [0.25, 0.3) is 0 Å². The van der Waals surface area contributed by atoms with Crippen molar-refractivity contribution in [1.82, 2.24) is 19.5 Å². The Bertz CT molecular complexity index is 372. The highest BCUT2D eigenvalue weighted by molar-refractivity contribution is 5.76. The third-order valence-electron chi connectivity index (χ3n) is 3.18. The first-order valence-electron chi connectivity index (χ1n) is 5.72. The largest absolute Gasteiger partial charge is 0.339 e. The predicted octanol–water partition coefficient (Wildman–Crippen LogP) is -0.183. The summed E-state index contributed by atoms with van der Waals surface area (Å²) in [4.78, 5) is 17.5. The molecule has 2 rings (SSSR count). The van der Waals surface area contributed by atoms with Crippen molar-refractivity contribution in [3.8, 4) is 0 Å². The van der Waals surface area contributed by atoms with E-state index >= 15 is 0 Å². The minimum atomic E-state index is 0.251. The van der Waals surface area contributed by atoms with Crippen molar-refractivity contribution in [2.75, 3.05) is 31.1 Å². The average molecular weight is 225 g/mol. The van der Waals surface area contributed by atoms with Crippen LogP contribution in [0.1, 0.15) is 13.3 Å². The van der Waals surface area contributed by atoms with Crippen molar-refractivity contribution in [3.63, 3.8) is 0 Å². The second-order valence-corrected chi connectivity index (χ2v) is 4.13. The van der Waals surface area contributed by atoms with Crippen LogP contribution < -0.4 is 4.90 Å². The molecule has 6 nitrogen and oxygen atoms in total. The first-order chi connectivity index (χ1) is 7.63. The summed E-state index contributed by atoms with van der Waals surface area (Å²) in [5.74, 6) is 1.26. The predicted molar refractivity (Wildman–Crippen MR) is 61.3 cm³/mol. The Morgan fingerprint density at radius 2 is 1.88 bits per heavy atom. The van der Waals surface area contributed by atoms with E-state index in [0.29, 0.717) is 6.42 Å². The van der Waals surface area contributed by atoms with E-state index in [0.717, 1.165) is 32.1 Å². The van der Waals surface area contributed by atoms with Crippen LogP contribution in [-0.4, -0.2) is 51.6 Å². The van der Waals surface area contributed by atoms with Gasteiger partial charge in [-0.25, -0.2) is 9.48 Å². The van der Waals surface area contributed by atoms with E-state index in [1.807, 2.05) is 30.6 Å². The number of rotatable bonds is 2. The standard InChI is InChI=1S/C10H19N5O/c1-4-9(16)14-5-7-15(8-6-14)10-11-13(3)12(10)2/h4-8H2,1-3H3. The van der Waals surface area contributed by atoms with E-state index in [4.69, 9.17) is 0 Å². The van der Waals surface area contributed by atoms with Gasteiger partial charge >= 0.3 is 0 Å². The molecule has 0 spiro atoms. The van der Waals surface area contributed by atoms with Crippen LogP contribution in [0.4, 0.5) is 5.95 Å². The lowest BCUT2D eigenvalue weighted by molar-refractivity contribution is -0.131. The van der Waals surface area contributed by atoms with Gasteiger partial charge in [0.25, 0.3) is 0 Å². The third-order valence-corrected chi connectivity index (χ3v) is 3.18. The van der Waals surface area contributed by atoms with Crippen molar-refractivity contribution in [2.24, 2.45) is 14.1 Å². The van der Waals surface area contributed by atoms with Crippen molar-refractivity contribution < 1.29 is 4.79 Å². The second-order valence-electron chi connectivity index (χ2n) is 4.13. The summed E-state index contributed by atoms with van der Waals surface area (Å²) in [5, 5.41) is 4.31. The molecule has 90 valence electrons. The van der Waals surface area contributed by atoms with Gasteiger partial charge in [-0.05, 0) is 0 Å². The van der Waals surface area contributed by atoms with Gasteiger partial charge in [-0.3, -0.25) is 4.79 Å². The molecule has 2 heterocycles. The molecule has 1 saturated heterocycles. The van der Waals surface area contributed by atoms with E-state index in [1.165, 1.54) is 0 Å². The number of aromatic nitrogens is 3. The van der Waals surface area contributed by atoms with E-state index in [-0.39, 0.29) is 5.91 Å². The molecule has 0 saturated carbocycles. The Morgan fingerprint density at radius 3 is 2.31 bits per heavy atom. The van der Waals surface area contributed by atoms with Crippen LogP contribution >= 0.6 is 0 Å². The topological polar surface area (TPSA) is 46.3 Å². The summed E-state index contributed by atoms with van der Waals surface area (Å²) >= 11 is 0. The van der Waals surface area contributed by atoms with Crippen LogP contribution in [0.5, 0.6) is 0 Å². The van der Waals surface area contributed by atoms with E-state index < -0.39 is 0 Å². The van der Waals surface area contributed by atoms with Crippen LogP contribution in [0.3, 0.4) is 0 Å². The molecule has 1 aliphatic rings. The zero-order valence-corrected chi connectivity index (χ0v) is 10.2. The molecule has 0 atom stereocenters. The maximum Gasteiger partial charge on any atom is 0.241 e. The number of hydrogen-bond acceptors (Lipinski definition) is 3. The number of nitrogens with zero attached hydrogens (tertiary/aromatic N) is 5. The smallest absolute Gasteiger partial charge is 0.241 e. The number of carbonyl (C=O) groups is 1. The lowest BCUT2D eigenvalue weighted by atomic mass is 10.3. The zero-order valence-electron chi connectivity index (χ0n) is 10.2. The summed E-state index contributed by atoms with van der Waals surface area (Å²) < 4.78 is 2.01. The van der Waals surface area contributed by atoms with Gasteiger partial charge in [0.05, 0.1) is 0 Å². The highest BCUT2D eigenvalue weighted by Gasteiger charge is 2.23. The Balaban J connectivity index is 1.91. The number of hydrogen-bond donors (Lipinski definition) is 0. The van der Waals surface area contributed by atoms with Gasteiger partial charge in [-0.15, -0.1) is 5.10 Å². The number of aryl methyl sites for hydroxylation is 1. The van der Waals surface area contributed by atoms with E-state index in [9.17, 15) is 4.79 Å². The summed E-state index contributed by atoms with van der Waals surface area (Å²) in [6.45, 7) is 5.28. The molecular formula is C10H19N5O. The first kappa shape index (κ1) is 11.0. The quantitative estimate of drug-likeness (QED) is 0.701. The van der Waals surface area contributed by atoms with Gasteiger partial charge in [0.15, 0.2) is 0 Å². The van der Waals surface area contributed by atoms with Crippen LogP contribution in [0.2, 0.25) is 0 Å². The van der Waals surface area contributed by atoms with Crippen molar-refractivity contribution in [1.29, 1.82) is 0 Å². The van der Waals surface area contributed by atoms with Crippen molar-refractivity contribution in [3.05, 3.63) is 0 Å². The zero-order chi connectivity index (χ0) is 11.7. The summed E-state index contributed by atoms with van der Waals surface area (Å²) in [6.07, 6.45) is 0.601. The summed E-state index contributed by atoms with van der Waals surface area (Å²) in [5.41, 5.74) is 0. The Hall–Kier alpha value is -1.46. The first-order valence-corrected chi connectivity index (χ1v) is 5.72. The highest BCUT2D eigenvalue weighted by atomic mass is 16.2. The lowest BCUT2D eigenvalue weighted by Gasteiger charge is -2.37. The average Bonchev–Trinajstić information content (AvgIpc) is 2.34. The fourth-order valence-corrected chi connectivity index (χ4v) is 2.00. The molecule has 0 unspecified atom stereocenters. The normalized spacial score (nSPS) is 16.9. The monoisotopic (exact) mass is 225 g/mol. The van der Waals surface area contributed by atoms with Crippen molar-refractivity contribution >= 4 is 11.9 Å². The van der Waals surface area contributed by atoms with Gasteiger partial charge in [0.2, 0.25) is 11.9 Å². The molecule has 0 aromatic carbocycles. The molecule has 0 radical (unpaired) electrons. The third kappa shape index (κ3) is 1.79. The summed E-state index contributed by atoms with van der Waals surface area (Å²) in [6, 6.07) is 0. The Morgan fingerprint density at radius 1 is 1.25 bits per heavy atom. The Kier molecular flexibility index (Phi) is 2.89. The summed E-state index contributed by atoms with van der Waals surface area (Å²) in [7, 11) is 3.91. The van der Waals surface area contributed by atoms with Gasteiger partial charge in [0.1, 0.15) is 0 Å². The fraction of sp³-hybridized carbons (Fsp3) is 0.800. The van der Waals surface area contributed by atoms with E-state index in [2.05, 4.69) is 10.00 Å². The fourth-order valence-electron chi connectivity index (χ4n) is 2.00. The van der Waals surface area contributed by atoms with Gasteiger partial charge in [-0.1, -0.05) is 6.92 Å². The maximum absolute atomic E-state index is 11.5. The number of carbonyl (C=O) groups excluding carboxylic acids is 1. The molecule has 1 aromatic rings. The van der Waals surface area contributed by atoms with Crippen molar-refractivity contribution in [2.45, 2.75) is 13.3 Å². The highest BCUT2D eigenvalue weighted by Crippen LogP contribution is 2.14. The number of piperazine rings is 1. The van der Waals surface area contributed by atoms with Crippen LogP contribution in [0.15, 0.2) is 0 Å².